The maximum Gasteiger partial charge on any atom is 0.411 e. The molecule has 0 spiro atoms. The third kappa shape index (κ3) is 10.5. The molecule has 0 aliphatic rings. The second-order valence-corrected chi connectivity index (χ2v) is 5.10. The Morgan fingerprint density at radius 2 is 1.80 bits per heavy atom. The zero-order valence-corrected chi connectivity index (χ0v) is 10.7. The van der Waals surface area contributed by atoms with Gasteiger partial charge >= 0.3 is 6.18 Å². The summed E-state index contributed by atoms with van der Waals surface area (Å²) in [7, 11) is 0. The number of alkyl halides is 4. The minimum Gasteiger partial charge on any atom is -0.372 e. The van der Waals surface area contributed by atoms with Gasteiger partial charge in [0.15, 0.2) is 0 Å². The van der Waals surface area contributed by atoms with Crippen LogP contribution in [-0.4, -0.2) is 24.2 Å². The maximum absolute atomic E-state index is 11.7. The molecule has 5 heteroatoms. The Bertz CT molecular complexity index is 159. The molecule has 0 aromatic carbocycles. The molecule has 1 nitrogen and oxygen atoms in total. The zero-order valence-electron chi connectivity index (χ0n) is 9.11. The number of ether oxygens (including phenoxy) is 1. The molecule has 0 bridgehead atoms. The first kappa shape index (κ1) is 15.2. The number of hydrogen-bond acceptors (Lipinski definition) is 1. The first-order chi connectivity index (χ1) is 6.83. The number of unbranched alkanes of at least 4 members (excludes halogenated alkanes) is 1. The third-order valence-corrected chi connectivity index (χ3v) is 3.52. The van der Waals surface area contributed by atoms with E-state index in [-0.39, 0.29) is 6.61 Å². The van der Waals surface area contributed by atoms with Gasteiger partial charge in [-0.1, -0.05) is 36.2 Å². The summed E-state index contributed by atoms with van der Waals surface area (Å²) in [6.07, 6.45) is -1.64. The van der Waals surface area contributed by atoms with Crippen LogP contribution in [0.15, 0.2) is 0 Å². The molecule has 0 aliphatic heterocycles. The van der Waals surface area contributed by atoms with Gasteiger partial charge in [-0.05, 0) is 18.8 Å². The van der Waals surface area contributed by atoms with Gasteiger partial charge in [-0.2, -0.15) is 13.2 Å². The van der Waals surface area contributed by atoms with Crippen LogP contribution in [0.3, 0.4) is 0 Å². The minimum absolute atomic E-state index is 0.192. The van der Waals surface area contributed by atoms with Crippen LogP contribution in [0.1, 0.15) is 33.1 Å². The Kier molecular flexibility index (Phi) is 7.61. The van der Waals surface area contributed by atoms with Crippen molar-refractivity contribution in [2.45, 2.75) is 44.1 Å². The van der Waals surface area contributed by atoms with E-state index >= 15 is 0 Å². The highest BCUT2D eigenvalue weighted by Crippen LogP contribution is 2.19. The highest BCUT2D eigenvalue weighted by molar-refractivity contribution is 9.09. The van der Waals surface area contributed by atoms with Gasteiger partial charge in [0.1, 0.15) is 6.61 Å². The van der Waals surface area contributed by atoms with Crippen molar-refractivity contribution in [3.8, 4) is 0 Å². The standard InChI is InChI=1S/C10H18BrF3O/c1-8(2)9(11)5-3-4-6-15-7-10(12,13)14/h8-9H,3-7H2,1-2H3. The van der Waals surface area contributed by atoms with Crippen LogP contribution >= 0.6 is 15.9 Å². The summed E-state index contributed by atoms with van der Waals surface area (Å²) in [5.41, 5.74) is 0. The van der Waals surface area contributed by atoms with E-state index in [0.717, 1.165) is 12.8 Å². The highest BCUT2D eigenvalue weighted by Gasteiger charge is 2.27. The molecule has 0 aliphatic carbocycles. The zero-order chi connectivity index (χ0) is 11.9. The van der Waals surface area contributed by atoms with Crippen molar-refractivity contribution in [1.82, 2.24) is 0 Å². The molecule has 0 saturated carbocycles. The van der Waals surface area contributed by atoms with Crippen molar-refractivity contribution in [2.75, 3.05) is 13.2 Å². The Hall–Kier alpha value is 0.230. The van der Waals surface area contributed by atoms with Crippen LogP contribution in [0, 0.1) is 5.92 Å². The molecule has 0 fully saturated rings. The highest BCUT2D eigenvalue weighted by atomic mass is 79.9. The molecule has 0 heterocycles. The molecular formula is C10H18BrF3O. The van der Waals surface area contributed by atoms with Crippen molar-refractivity contribution in [1.29, 1.82) is 0 Å². The number of halogens is 4. The average Bonchev–Trinajstić information content (AvgIpc) is 2.08. The van der Waals surface area contributed by atoms with Gasteiger partial charge in [0, 0.05) is 11.4 Å². The summed E-state index contributed by atoms with van der Waals surface area (Å²) in [5.74, 6) is 0.557. The quantitative estimate of drug-likeness (QED) is 0.505. The van der Waals surface area contributed by atoms with Crippen LogP contribution < -0.4 is 0 Å². The molecule has 0 radical (unpaired) electrons. The van der Waals surface area contributed by atoms with Crippen LogP contribution in [0.4, 0.5) is 13.2 Å². The summed E-state index contributed by atoms with van der Waals surface area (Å²) in [6.45, 7) is 3.28. The average molecular weight is 291 g/mol. The normalized spacial score (nSPS) is 14.6. The molecule has 92 valence electrons. The summed E-state index contributed by atoms with van der Waals surface area (Å²) < 4.78 is 39.5. The van der Waals surface area contributed by atoms with E-state index in [4.69, 9.17) is 0 Å². The summed E-state index contributed by atoms with van der Waals surface area (Å²) >= 11 is 3.52. The van der Waals surface area contributed by atoms with E-state index in [0.29, 0.717) is 17.2 Å². The monoisotopic (exact) mass is 290 g/mol. The molecule has 0 N–H and O–H groups in total. The van der Waals surface area contributed by atoms with E-state index in [1.54, 1.807) is 0 Å². The largest absolute Gasteiger partial charge is 0.411 e. The van der Waals surface area contributed by atoms with Crippen molar-refractivity contribution in [3.05, 3.63) is 0 Å². The van der Waals surface area contributed by atoms with Gasteiger partial charge in [-0.15, -0.1) is 0 Å². The van der Waals surface area contributed by atoms with E-state index in [2.05, 4.69) is 34.5 Å². The fourth-order valence-electron chi connectivity index (χ4n) is 1.06. The predicted octanol–water partition coefficient (Wildman–Crippen LogP) is 4.16. The van der Waals surface area contributed by atoms with Crippen LogP contribution in [0.25, 0.3) is 0 Å². The Balaban J connectivity index is 3.26. The molecule has 0 rings (SSSR count). The predicted molar refractivity (Wildman–Crippen MR) is 58.3 cm³/mol. The van der Waals surface area contributed by atoms with Crippen molar-refractivity contribution < 1.29 is 17.9 Å². The molecular weight excluding hydrogens is 273 g/mol. The maximum atomic E-state index is 11.7. The van der Waals surface area contributed by atoms with Crippen molar-refractivity contribution in [3.63, 3.8) is 0 Å². The second kappa shape index (κ2) is 7.49. The van der Waals surface area contributed by atoms with Gasteiger partial charge in [0.05, 0.1) is 0 Å². The van der Waals surface area contributed by atoms with Crippen molar-refractivity contribution >= 4 is 15.9 Å². The fourth-order valence-corrected chi connectivity index (χ4v) is 1.39. The minimum atomic E-state index is -4.20. The molecule has 0 aromatic rings. The van der Waals surface area contributed by atoms with E-state index in [1.165, 1.54) is 0 Å². The smallest absolute Gasteiger partial charge is 0.372 e. The lowest BCUT2D eigenvalue weighted by Crippen LogP contribution is -2.17. The fraction of sp³-hybridized carbons (Fsp3) is 1.00. The summed E-state index contributed by atoms with van der Waals surface area (Å²) in [6, 6.07) is 0. The second-order valence-electron chi connectivity index (χ2n) is 3.92. The lowest BCUT2D eigenvalue weighted by Gasteiger charge is -2.13. The SMILES string of the molecule is CC(C)C(Br)CCCCOCC(F)(F)F. The van der Waals surface area contributed by atoms with E-state index < -0.39 is 12.8 Å². The molecule has 1 atom stereocenters. The van der Waals surface area contributed by atoms with E-state index in [1.807, 2.05) is 0 Å². The summed E-state index contributed by atoms with van der Waals surface area (Å²) in [5, 5.41) is 0. The van der Waals surface area contributed by atoms with Gasteiger partial charge < -0.3 is 4.74 Å². The van der Waals surface area contributed by atoms with Crippen LogP contribution in [-0.2, 0) is 4.74 Å². The van der Waals surface area contributed by atoms with Gasteiger partial charge in [-0.25, -0.2) is 0 Å². The van der Waals surface area contributed by atoms with Gasteiger partial charge in [-0.3, -0.25) is 0 Å². The topological polar surface area (TPSA) is 9.23 Å². The Labute approximate surface area is 97.5 Å². The molecule has 0 saturated heterocycles. The third-order valence-electron chi connectivity index (χ3n) is 2.01. The Morgan fingerprint density at radius 3 is 2.27 bits per heavy atom. The Morgan fingerprint density at radius 1 is 1.20 bits per heavy atom. The van der Waals surface area contributed by atoms with Gasteiger partial charge in [0.25, 0.3) is 0 Å². The first-order valence-corrected chi connectivity index (χ1v) is 6.03. The molecule has 0 amide bonds. The molecule has 0 aromatic heterocycles. The lowest BCUT2D eigenvalue weighted by atomic mass is 10.1. The molecule has 1 unspecified atom stereocenters. The number of rotatable bonds is 7. The van der Waals surface area contributed by atoms with Crippen LogP contribution in [0.5, 0.6) is 0 Å². The van der Waals surface area contributed by atoms with E-state index in [9.17, 15) is 13.2 Å². The lowest BCUT2D eigenvalue weighted by molar-refractivity contribution is -0.174. The van der Waals surface area contributed by atoms with Crippen LogP contribution in [0.2, 0.25) is 0 Å². The number of hydrogen-bond donors (Lipinski definition) is 0. The van der Waals surface area contributed by atoms with Gasteiger partial charge in [0.2, 0.25) is 0 Å². The molecule has 15 heavy (non-hydrogen) atoms. The van der Waals surface area contributed by atoms with Crippen molar-refractivity contribution in [2.24, 2.45) is 5.92 Å². The first-order valence-electron chi connectivity index (χ1n) is 5.11. The summed E-state index contributed by atoms with van der Waals surface area (Å²) in [4.78, 5) is 0.445.